The lowest BCUT2D eigenvalue weighted by Gasteiger charge is -2.34. The second-order valence-corrected chi connectivity index (χ2v) is 8.80. The number of carbonyl (C=O) groups is 2. The Morgan fingerprint density at radius 2 is 2.07 bits per heavy atom. The highest BCUT2D eigenvalue weighted by molar-refractivity contribution is 7.07. The Kier molecular flexibility index (Phi) is 4.62. The largest absolute Gasteiger partial charge is 0.456 e. The van der Waals surface area contributed by atoms with E-state index in [1.165, 1.54) is 5.56 Å². The Labute approximate surface area is 163 Å². The van der Waals surface area contributed by atoms with E-state index in [1.54, 1.807) is 18.3 Å². The van der Waals surface area contributed by atoms with Gasteiger partial charge < -0.3 is 14.2 Å². The molecule has 1 saturated heterocycles. The molecule has 3 heterocycles. The van der Waals surface area contributed by atoms with Crippen molar-refractivity contribution in [1.29, 1.82) is 0 Å². The first kappa shape index (κ1) is 18.3. The van der Waals surface area contributed by atoms with Gasteiger partial charge in [0.1, 0.15) is 5.76 Å². The quantitative estimate of drug-likeness (QED) is 0.798. The summed E-state index contributed by atoms with van der Waals surface area (Å²) in [4.78, 5) is 28.9. The standard InChI is InChI=1S/C21H26N2O3S/c1-14-10-15(2)26-19(14)20(25)22-7-5-21(6-8-22)11-18(21)23(16(3)24)12-17-4-9-27-13-17/h4,9-10,13,18H,5-8,11-12H2,1-3H3/t18-/m0/s1. The van der Waals surface area contributed by atoms with Gasteiger partial charge in [0, 0.05) is 38.2 Å². The van der Waals surface area contributed by atoms with Crippen molar-refractivity contribution in [3.05, 3.63) is 45.5 Å². The average Bonchev–Trinajstić information content (AvgIpc) is 2.98. The molecule has 2 fully saturated rings. The molecule has 0 N–H and O–H groups in total. The first-order valence-corrected chi connectivity index (χ1v) is 10.5. The number of hydrogen-bond acceptors (Lipinski definition) is 4. The summed E-state index contributed by atoms with van der Waals surface area (Å²) >= 11 is 1.67. The van der Waals surface area contributed by atoms with E-state index in [-0.39, 0.29) is 17.2 Å². The Bertz CT molecular complexity index is 847. The number of nitrogens with zero attached hydrogens (tertiary/aromatic N) is 2. The van der Waals surface area contributed by atoms with Crippen LogP contribution in [0.15, 0.2) is 27.3 Å². The highest BCUT2D eigenvalue weighted by Gasteiger charge is 2.58. The van der Waals surface area contributed by atoms with Gasteiger partial charge in [-0.05, 0) is 67.0 Å². The monoisotopic (exact) mass is 386 g/mol. The molecule has 2 amide bonds. The molecule has 144 valence electrons. The Hall–Kier alpha value is -2.08. The van der Waals surface area contributed by atoms with Gasteiger partial charge in [0.2, 0.25) is 5.91 Å². The molecule has 27 heavy (non-hydrogen) atoms. The fourth-order valence-corrected chi connectivity index (χ4v) is 5.14. The minimum atomic E-state index is -0.00523. The molecule has 0 aromatic carbocycles. The minimum Gasteiger partial charge on any atom is -0.456 e. The highest BCUT2D eigenvalue weighted by Crippen LogP contribution is 2.57. The van der Waals surface area contributed by atoms with Gasteiger partial charge in [-0.15, -0.1) is 0 Å². The van der Waals surface area contributed by atoms with Crippen molar-refractivity contribution >= 4 is 23.2 Å². The first-order valence-electron chi connectivity index (χ1n) is 9.54. The molecule has 2 aromatic rings. The van der Waals surface area contributed by atoms with Crippen molar-refractivity contribution < 1.29 is 14.0 Å². The maximum Gasteiger partial charge on any atom is 0.289 e. The van der Waals surface area contributed by atoms with E-state index in [9.17, 15) is 9.59 Å². The number of rotatable bonds is 4. The predicted octanol–water partition coefficient (Wildman–Crippen LogP) is 4.00. The molecule has 2 aliphatic rings. The van der Waals surface area contributed by atoms with Crippen molar-refractivity contribution in [1.82, 2.24) is 9.80 Å². The van der Waals surface area contributed by atoms with Crippen LogP contribution < -0.4 is 0 Å². The highest BCUT2D eigenvalue weighted by atomic mass is 32.1. The molecule has 4 rings (SSSR count). The zero-order valence-corrected chi connectivity index (χ0v) is 17.0. The smallest absolute Gasteiger partial charge is 0.289 e. The average molecular weight is 387 g/mol. The second-order valence-electron chi connectivity index (χ2n) is 8.02. The summed E-state index contributed by atoms with van der Waals surface area (Å²) in [5.41, 5.74) is 2.29. The first-order chi connectivity index (χ1) is 12.9. The van der Waals surface area contributed by atoms with Crippen LogP contribution >= 0.6 is 11.3 Å². The zero-order chi connectivity index (χ0) is 19.2. The summed E-state index contributed by atoms with van der Waals surface area (Å²) in [5.74, 6) is 1.38. The fourth-order valence-electron chi connectivity index (χ4n) is 4.48. The predicted molar refractivity (Wildman–Crippen MR) is 105 cm³/mol. The van der Waals surface area contributed by atoms with Crippen LogP contribution in [0, 0.1) is 19.3 Å². The molecule has 5 nitrogen and oxygen atoms in total. The number of amides is 2. The van der Waals surface area contributed by atoms with E-state index >= 15 is 0 Å². The second kappa shape index (κ2) is 6.82. The van der Waals surface area contributed by atoms with Crippen LogP contribution in [-0.4, -0.2) is 40.7 Å². The molecule has 1 saturated carbocycles. The maximum absolute atomic E-state index is 12.8. The lowest BCUT2D eigenvalue weighted by Crippen LogP contribution is -2.42. The zero-order valence-electron chi connectivity index (χ0n) is 16.2. The van der Waals surface area contributed by atoms with Gasteiger partial charge in [-0.2, -0.15) is 11.3 Å². The van der Waals surface area contributed by atoms with Gasteiger partial charge in [-0.1, -0.05) is 0 Å². The molecular formula is C21H26N2O3S. The van der Waals surface area contributed by atoms with Gasteiger partial charge in [0.25, 0.3) is 5.91 Å². The molecule has 1 atom stereocenters. The van der Waals surface area contributed by atoms with Gasteiger partial charge in [-0.25, -0.2) is 0 Å². The van der Waals surface area contributed by atoms with Crippen LogP contribution in [-0.2, 0) is 11.3 Å². The Balaban J connectivity index is 1.39. The van der Waals surface area contributed by atoms with E-state index in [4.69, 9.17) is 4.42 Å². The summed E-state index contributed by atoms with van der Waals surface area (Å²) in [5, 5.41) is 4.17. The van der Waals surface area contributed by atoms with E-state index in [0.29, 0.717) is 18.3 Å². The van der Waals surface area contributed by atoms with Crippen LogP contribution in [0.25, 0.3) is 0 Å². The van der Waals surface area contributed by atoms with E-state index in [1.807, 2.05) is 29.7 Å². The lowest BCUT2D eigenvalue weighted by atomic mass is 9.92. The molecule has 0 bridgehead atoms. The third-order valence-electron chi connectivity index (χ3n) is 6.14. The lowest BCUT2D eigenvalue weighted by molar-refractivity contribution is -0.130. The SMILES string of the molecule is CC(=O)N(Cc1ccsc1)[C@H]1CC12CCN(C(=O)c1oc(C)cc1C)CC2. The van der Waals surface area contributed by atoms with E-state index in [0.717, 1.165) is 43.7 Å². The van der Waals surface area contributed by atoms with Crippen LogP contribution in [0.1, 0.15) is 53.6 Å². The Morgan fingerprint density at radius 1 is 1.33 bits per heavy atom. The summed E-state index contributed by atoms with van der Waals surface area (Å²) in [6, 6.07) is 4.30. The van der Waals surface area contributed by atoms with Crippen LogP contribution in [0.3, 0.4) is 0 Å². The van der Waals surface area contributed by atoms with Gasteiger partial charge in [0.15, 0.2) is 5.76 Å². The molecule has 0 radical (unpaired) electrons. The number of hydrogen-bond donors (Lipinski definition) is 0. The van der Waals surface area contributed by atoms with Crippen LogP contribution in [0.2, 0.25) is 0 Å². The molecule has 6 heteroatoms. The number of thiophene rings is 1. The van der Waals surface area contributed by atoms with E-state index in [2.05, 4.69) is 16.8 Å². The van der Waals surface area contributed by atoms with Gasteiger partial charge >= 0.3 is 0 Å². The number of likely N-dealkylation sites (tertiary alicyclic amines) is 1. The Morgan fingerprint density at radius 3 is 2.63 bits per heavy atom. The number of piperidine rings is 1. The number of carbonyl (C=O) groups excluding carboxylic acids is 2. The third-order valence-corrected chi connectivity index (χ3v) is 6.87. The minimum absolute atomic E-state index is 0.00523. The number of aryl methyl sites for hydroxylation is 2. The number of furan rings is 1. The van der Waals surface area contributed by atoms with Crippen molar-refractivity contribution in [2.24, 2.45) is 5.41 Å². The molecule has 0 unspecified atom stereocenters. The third kappa shape index (κ3) is 3.43. The van der Waals surface area contributed by atoms with Crippen LogP contribution in [0.5, 0.6) is 0 Å². The van der Waals surface area contributed by atoms with Gasteiger partial charge in [-0.3, -0.25) is 9.59 Å². The van der Waals surface area contributed by atoms with Crippen LogP contribution in [0.4, 0.5) is 0 Å². The summed E-state index contributed by atoms with van der Waals surface area (Å²) in [7, 11) is 0. The van der Waals surface area contributed by atoms with E-state index < -0.39 is 0 Å². The normalized spacial score (nSPS) is 20.7. The molecule has 2 aromatic heterocycles. The maximum atomic E-state index is 12.8. The van der Waals surface area contributed by atoms with Crippen molar-refractivity contribution in [3.63, 3.8) is 0 Å². The fraction of sp³-hybridized carbons (Fsp3) is 0.524. The molecular weight excluding hydrogens is 360 g/mol. The summed E-state index contributed by atoms with van der Waals surface area (Å²) in [6.07, 6.45) is 2.96. The molecule has 1 spiro atoms. The molecule has 1 aliphatic heterocycles. The van der Waals surface area contributed by atoms with Gasteiger partial charge in [0.05, 0.1) is 0 Å². The topological polar surface area (TPSA) is 53.8 Å². The van der Waals surface area contributed by atoms with Crippen molar-refractivity contribution in [3.8, 4) is 0 Å². The van der Waals surface area contributed by atoms with Crippen molar-refractivity contribution in [2.75, 3.05) is 13.1 Å². The van der Waals surface area contributed by atoms with Crippen molar-refractivity contribution in [2.45, 2.75) is 52.6 Å². The molecule has 1 aliphatic carbocycles. The summed E-state index contributed by atoms with van der Waals surface area (Å²) < 4.78 is 5.60. The summed E-state index contributed by atoms with van der Waals surface area (Å²) in [6.45, 7) is 7.62.